The van der Waals surface area contributed by atoms with E-state index in [0.717, 1.165) is 5.71 Å². The largest absolute Gasteiger partial charge is 0.492 e. The van der Waals surface area contributed by atoms with Gasteiger partial charge < -0.3 is 24.7 Å². The number of unbranched alkanes of at least 4 members (excludes halogenated alkanes) is 2. The van der Waals surface area contributed by atoms with Crippen molar-refractivity contribution < 1.29 is 68.1 Å². The summed E-state index contributed by atoms with van der Waals surface area (Å²) in [7, 11) is -11.9. The molecular formula is C39H50N3O14S3+. The molecule has 322 valence electrons. The minimum Gasteiger partial charge on any atom is -0.492 e. The third-order valence-corrected chi connectivity index (χ3v) is 13.5. The number of hydrogen-bond donors (Lipinski definition) is 5. The van der Waals surface area contributed by atoms with Crippen molar-refractivity contribution in [3.8, 4) is 11.8 Å². The lowest BCUT2D eigenvalue weighted by atomic mass is 9.76. The van der Waals surface area contributed by atoms with E-state index in [-0.39, 0.29) is 35.7 Å². The molecule has 3 aromatic rings. The van der Waals surface area contributed by atoms with Crippen molar-refractivity contribution in [3.63, 3.8) is 0 Å². The Balaban J connectivity index is 1.54. The summed E-state index contributed by atoms with van der Waals surface area (Å²) in [6.45, 7) is 6.81. The number of carbonyl (C=O) groups excluding carboxylic acids is 1. The molecule has 0 saturated heterocycles. The van der Waals surface area contributed by atoms with Gasteiger partial charge in [0.05, 0.1) is 21.0 Å². The molecule has 0 aliphatic carbocycles. The molecule has 0 fully saturated rings. The van der Waals surface area contributed by atoms with Crippen molar-refractivity contribution in [1.29, 1.82) is 0 Å². The maximum atomic E-state index is 12.4. The van der Waals surface area contributed by atoms with Crippen molar-refractivity contribution in [1.82, 2.24) is 4.73 Å². The van der Waals surface area contributed by atoms with Gasteiger partial charge in [0.15, 0.2) is 5.71 Å². The van der Waals surface area contributed by atoms with Crippen LogP contribution in [0.1, 0.15) is 76.8 Å². The summed E-state index contributed by atoms with van der Waals surface area (Å²) < 4.78 is 110. The molecule has 5 N–H and O–H groups in total. The van der Waals surface area contributed by atoms with E-state index in [2.05, 4.69) is 0 Å². The maximum absolute atomic E-state index is 12.4. The number of hydrogen-bond acceptors (Lipinski definition) is 12. The molecule has 0 saturated carbocycles. The summed E-state index contributed by atoms with van der Waals surface area (Å²) in [5.74, 6) is -2.06. The number of allylic oxidation sites excluding steroid dienone is 4. The van der Waals surface area contributed by atoms with Crippen molar-refractivity contribution in [3.05, 3.63) is 83.6 Å². The highest BCUT2D eigenvalue weighted by molar-refractivity contribution is 7.86. The standard InChI is InChI=1S/C39H49N3O14S3/c1-5-40-31-16-14-27(58(49,50)51)25-29(31)38(2,20-10-24-57(46,47)48)33(40)11-9-12-34-39(3,21-23-55-4)30-26-28(59(52,53)54)15-17-32(30)41(34)22-8-6-7-13-37(45)56-42-35(43)18-19-36(42)44/h9,11-12,14-19,25-26H,5-8,10,13,20-24H2,1-4H3,(H4-,43,44,46,47,48,49,50,51,52,53,54)/p+1. The van der Waals surface area contributed by atoms with Crippen LogP contribution >= 0.6 is 0 Å². The van der Waals surface area contributed by atoms with Gasteiger partial charge in [-0.2, -0.15) is 29.8 Å². The molecule has 0 bridgehead atoms. The lowest BCUT2D eigenvalue weighted by Gasteiger charge is -2.30. The van der Waals surface area contributed by atoms with Gasteiger partial charge in [-0.25, -0.2) is 4.79 Å². The van der Waals surface area contributed by atoms with Crippen LogP contribution in [0.15, 0.2) is 82.2 Å². The molecule has 3 heterocycles. The van der Waals surface area contributed by atoms with E-state index in [1.54, 1.807) is 25.3 Å². The van der Waals surface area contributed by atoms with Crippen molar-refractivity contribution in [2.24, 2.45) is 0 Å². The minimum absolute atomic E-state index is 0.00792. The third kappa shape index (κ3) is 9.91. The van der Waals surface area contributed by atoms with Gasteiger partial charge in [-0.3, -0.25) is 13.7 Å². The van der Waals surface area contributed by atoms with Crippen LogP contribution in [0.2, 0.25) is 0 Å². The lowest BCUT2D eigenvalue weighted by Crippen LogP contribution is -2.33. The fourth-order valence-electron chi connectivity index (χ4n) is 8.00. The molecule has 20 heteroatoms. The lowest BCUT2D eigenvalue weighted by molar-refractivity contribution is -0.438. The Morgan fingerprint density at radius 3 is 2.03 bits per heavy atom. The summed E-state index contributed by atoms with van der Waals surface area (Å²) in [5.41, 5.74) is 2.14. The van der Waals surface area contributed by atoms with E-state index in [0.29, 0.717) is 71.7 Å². The molecular weight excluding hydrogens is 831 g/mol. The predicted molar refractivity (Wildman–Crippen MR) is 217 cm³/mol. The molecule has 2 atom stereocenters. The topological polar surface area (TPSA) is 250 Å². The zero-order chi connectivity index (χ0) is 43.6. The monoisotopic (exact) mass is 880 g/mol. The van der Waals surface area contributed by atoms with Crippen LogP contribution in [0.5, 0.6) is 11.8 Å². The second-order valence-corrected chi connectivity index (χ2v) is 19.3. The van der Waals surface area contributed by atoms with E-state index in [1.165, 1.54) is 36.4 Å². The zero-order valence-electron chi connectivity index (χ0n) is 33.1. The SMILES string of the molecule is CCN1C(=CC=CC2=[N+](CCCCCC(=O)On3c(O)ccc3O)c3ccc(S(=O)(=O)O)cc3C2(C)CCOC)C(C)(CCCS(=O)(=O)O)c2cc(S(=O)(=O)O)ccc21. The first-order chi connectivity index (χ1) is 27.5. The molecule has 2 aromatic carbocycles. The Labute approximate surface area is 344 Å². The number of ether oxygens (including phenoxy) is 1. The van der Waals surface area contributed by atoms with Crippen molar-refractivity contribution in [2.75, 3.05) is 37.5 Å². The second-order valence-electron chi connectivity index (χ2n) is 14.9. The maximum Gasteiger partial charge on any atom is 0.333 e. The van der Waals surface area contributed by atoms with Gasteiger partial charge in [0.2, 0.25) is 17.4 Å². The average Bonchev–Trinajstić information content (AvgIpc) is 3.68. The number of anilines is 1. The first-order valence-corrected chi connectivity index (χ1v) is 23.3. The molecule has 59 heavy (non-hydrogen) atoms. The summed E-state index contributed by atoms with van der Waals surface area (Å²) in [5, 5.41) is 19.6. The summed E-state index contributed by atoms with van der Waals surface area (Å²) in [6.07, 6.45) is 7.66. The molecule has 2 unspecified atom stereocenters. The second kappa shape index (κ2) is 17.6. The van der Waals surface area contributed by atoms with Crippen LogP contribution in [0.4, 0.5) is 11.4 Å². The van der Waals surface area contributed by atoms with Crippen LogP contribution in [-0.4, -0.2) is 103 Å². The molecule has 2 aliphatic rings. The zero-order valence-corrected chi connectivity index (χ0v) is 35.6. The fraction of sp³-hybridized carbons (Fsp3) is 0.436. The van der Waals surface area contributed by atoms with Crippen molar-refractivity contribution in [2.45, 2.75) is 86.3 Å². The van der Waals surface area contributed by atoms with E-state index >= 15 is 0 Å². The van der Waals surface area contributed by atoms with Crippen LogP contribution < -0.4 is 9.74 Å². The quantitative estimate of drug-likeness (QED) is 0.0610. The molecule has 2 aliphatic heterocycles. The third-order valence-electron chi connectivity index (χ3n) is 11.0. The highest BCUT2D eigenvalue weighted by Gasteiger charge is 2.48. The highest BCUT2D eigenvalue weighted by atomic mass is 32.2. The van der Waals surface area contributed by atoms with Gasteiger partial charge in [0.25, 0.3) is 30.4 Å². The normalized spacial score (nSPS) is 20.2. The average molecular weight is 881 g/mol. The van der Waals surface area contributed by atoms with E-state index in [1.807, 2.05) is 42.4 Å². The number of methoxy groups -OCH3 is 1. The molecule has 0 amide bonds. The summed E-state index contributed by atoms with van der Waals surface area (Å²) >= 11 is 0. The summed E-state index contributed by atoms with van der Waals surface area (Å²) in [6, 6.07) is 11.0. The van der Waals surface area contributed by atoms with Crippen LogP contribution in [0.3, 0.4) is 0 Å². The van der Waals surface area contributed by atoms with Gasteiger partial charge in [-0.1, -0.05) is 6.08 Å². The first-order valence-electron chi connectivity index (χ1n) is 18.9. The molecule has 0 spiro atoms. The van der Waals surface area contributed by atoms with E-state index < -0.39 is 64.7 Å². The number of aromatic hydroxyl groups is 2. The number of rotatable bonds is 19. The van der Waals surface area contributed by atoms with Crippen molar-refractivity contribution >= 4 is 53.4 Å². The van der Waals surface area contributed by atoms with Gasteiger partial charge in [-0.05, 0) is 94.8 Å². The first kappa shape index (κ1) is 45.5. The number of likely N-dealkylation sites (N-methyl/N-ethyl adjacent to an activating group) is 1. The molecule has 0 radical (unpaired) electrons. The van der Waals surface area contributed by atoms with Gasteiger partial charge in [0.1, 0.15) is 6.54 Å². The molecule has 17 nitrogen and oxygen atoms in total. The number of nitrogens with zero attached hydrogens (tertiary/aromatic N) is 3. The minimum atomic E-state index is -4.59. The van der Waals surface area contributed by atoms with Crippen LogP contribution in [0.25, 0.3) is 0 Å². The number of carbonyl (C=O) groups is 1. The van der Waals surface area contributed by atoms with Gasteiger partial charge in [-0.15, -0.1) is 4.73 Å². The fourth-order valence-corrected chi connectivity index (χ4v) is 9.52. The number of fused-ring (bicyclic) bond motifs is 2. The van der Waals surface area contributed by atoms with E-state index in [4.69, 9.17) is 9.57 Å². The Morgan fingerprint density at radius 2 is 1.44 bits per heavy atom. The Kier molecular flexibility index (Phi) is 13.6. The predicted octanol–water partition coefficient (Wildman–Crippen LogP) is 4.91. The number of aromatic nitrogens is 1. The van der Waals surface area contributed by atoms with Gasteiger partial charge in [0, 0.05) is 79.7 Å². The number of benzene rings is 2. The van der Waals surface area contributed by atoms with Crippen LogP contribution in [-0.2, 0) is 50.7 Å². The Bertz CT molecular complexity index is 2510. The Morgan fingerprint density at radius 1 is 0.814 bits per heavy atom. The Hall–Kier alpha value is -4.57. The molecule has 5 rings (SSSR count). The molecule has 1 aromatic heterocycles. The van der Waals surface area contributed by atoms with E-state index in [9.17, 15) is 53.9 Å². The highest BCUT2D eigenvalue weighted by Crippen LogP contribution is 2.51. The van der Waals surface area contributed by atoms with Gasteiger partial charge >= 0.3 is 5.97 Å². The van der Waals surface area contributed by atoms with Crippen LogP contribution in [0, 0.1) is 0 Å². The summed E-state index contributed by atoms with van der Waals surface area (Å²) in [4.78, 5) is 18.8. The smallest absolute Gasteiger partial charge is 0.333 e.